The fourth-order valence-corrected chi connectivity index (χ4v) is 1.81. The SMILES string of the molecule is CCCOc1c(F)cc(-c2n[nH]nc2C(=O)OCC)cc1F. The van der Waals surface area contributed by atoms with Crippen molar-refractivity contribution >= 4 is 5.97 Å². The maximum atomic E-state index is 14.0. The number of ether oxygens (including phenoxy) is 2. The number of carbonyl (C=O) groups is 1. The summed E-state index contributed by atoms with van der Waals surface area (Å²) in [5.74, 6) is -2.92. The molecule has 0 spiro atoms. The number of halogens is 2. The summed E-state index contributed by atoms with van der Waals surface area (Å²) >= 11 is 0. The predicted molar refractivity (Wildman–Crippen MR) is 73.5 cm³/mol. The van der Waals surface area contributed by atoms with E-state index < -0.39 is 23.4 Å². The molecule has 0 fully saturated rings. The Kier molecular flexibility index (Phi) is 5.03. The van der Waals surface area contributed by atoms with Crippen molar-refractivity contribution in [2.75, 3.05) is 13.2 Å². The topological polar surface area (TPSA) is 77.1 Å². The van der Waals surface area contributed by atoms with Gasteiger partial charge in [-0.25, -0.2) is 13.6 Å². The lowest BCUT2D eigenvalue weighted by atomic mass is 10.1. The second kappa shape index (κ2) is 6.97. The third-order valence-corrected chi connectivity index (χ3v) is 2.74. The van der Waals surface area contributed by atoms with Crippen LogP contribution in [0.5, 0.6) is 5.75 Å². The molecular formula is C14H15F2N3O3. The van der Waals surface area contributed by atoms with Crippen molar-refractivity contribution in [2.45, 2.75) is 20.3 Å². The van der Waals surface area contributed by atoms with Crippen LogP contribution < -0.4 is 4.74 Å². The van der Waals surface area contributed by atoms with Crippen LogP contribution in [0.3, 0.4) is 0 Å². The Morgan fingerprint density at radius 2 is 1.91 bits per heavy atom. The molecule has 0 aliphatic carbocycles. The molecule has 1 aromatic heterocycles. The first-order valence-corrected chi connectivity index (χ1v) is 6.78. The summed E-state index contributed by atoms with van der Waals surface area (Å²) in [5, 5.41) is 9.66. The normalized spacial score (nSPS) is 10.5. The van der Waals surface area contributed by atoms with Gasteiger partial charge in [0.05, 0.1) is 13.2 Å². The molecule has 8 heteroatoms. The maximum Gasteiger partial charge on any atom is 0.361 e. The molecule has 1 N–H and O–H groups in total. The number of rotatable bonds is 6. The zero-order valence-electron chi connectivity index (χ0n) is 12.2. The number of hydrogen-bond acceptors (Lipinski definition) is 5. The molecule has 0 aliphatic rings. The molecule has 1 aromatic carbocycles. The Hall–Kier alpha value is -2.51. The lowest BCUT2D eigenvalue weighted by Gasteiger charge is -2.09. The van der Waals surface area contributed by atoms with Crippen LogP contribution in [0.25, 0.3) is 11.3 Å². The quantitative estimate of drug-likeness (QED) is 0.830. The van der Waals surface area contributed by atoms with Crippen molar-refractivity contribution in [3.8, 4) is 17.0 Å². The monoisotopic (exact) mass is 311 g/mol. The minimum atomic E-state index is -0.874. The van der Waals surface area contributed by atoms with Gasteiger partial charge in [0, 0.05) is 5.56 Å². The maximum absolute atomic E-state index is 14.0. The number of nitrogens with zero attached hydrogens (tertiary/aromatic N) is 2. The lowest BCUT2D eigenvalue weighted by Crippen LogP contribution is -2.07. The van der Waals surface area contributed by atoms with Crippen molar-refractivity contribution < 1.29 is 23.0 Å². The summed E-state index contributed by atoms with van der Waals surface area (Å²) in [7, 11) is 0. The second-order valence-corrected chi connectivity index (χ2v) is 4.36. The van der Waals surface area contributed by atoms with E-state index in [1.54, 1.807) is 6.92 Å². The van der Waals surface area contributed by atoms with Crippen LogP contribution in [0, 0.1) is 11.6 Å². The molecule has 0 aliphatic heterocycles. The number of carbonyl (C=O) groups excluding carboxylic acids is 1. The minimum Gasteiger partial charge on any atom is -0.488 e. The third kappa shape index (κ3) is 3.21. The summed E-state index contributed by atoms with van der Waals surface area (Å²) in [6.07, 6.45) is 0.622. The number of hydrogen-bond donors (Lipinski definition) is 1. The van der Waals surface area contributed by atoms with Crippen LogP contribution in [-0.4, -0.2) is 34.6 Å². The van der Waals surface area contributed by atoms with Crippen LogP contribution in [0.1, 0.15) is 30.8 Å². The van der Waals surface area contributed by atoms with E-state index in [2.05, 4.69) is 15.4 Å². The lowest BCUT2D eigenvalue weighted by molar-refractivity contribution is 0.0520. The van der Waals surface area contributed by atoms with Gasteiger partial charge in [-0.1, -0.05) is 6.92 Å². The molecule has 0 unspecified atom stereocenters. The van der Waals surface area contributed by atoms with Crippen LogP contribution in [0.2, 0.25) is 0 Å². The van der Waals surface area contributed by atoms with E-state index >= 15 is 0 Å². The Morgan fingerprint density at radius 1 is 1.23 bits per heavy atom. The first-order valence-electron chi connectivity index (χ1n) is 6.78. The number of aromatic nitrogens is 3. The molecule has 0 amide bonds. The Balaban J connectivity index is 2.38. The third-order valence-electron chi connectivity index (χ3n) is 2.74. The van der Waals surface area contributed by atoms with Crippen molar-refractivity contribution in [3.63, 3.8) is 0 Å². The summed E-state index contributed by atoms with van der Waals surface area (Å²) in [4.78, 5) is 11.7. The molecule has 0 radical (unpaired) electrons. The van der Waals surface area contributed by atoms with Crippen LogP contribution in [0.4, 0.5) is 8.78 Å². The molecule has 118 valence electrons. The van der Waals surface area contributed by atoms with E-state index in [1.165, 1.54) is 0 Å². The van der Waals surface area contributed by atoms with Gasteiger partial charge in [-0.15, -0.1) is 5.10 Å². The highest BCUT2D eigenvalue weighted by Crippen LogP contribution is 2.29. The van der Waals surface area contributed by atoms with Crippen LogP contribution in [-0.2, 0) is 4.74 Å². The van der Waals surface area contributed by atoms with Gasteiger partial charge in [-0.05, 0) is 25.5 Å². The molecule has 0 atom stereocenters. The van der Waals surface area contributed by atoms with Gasteiger partial charge < -0.3 is 9.47 Å². The highest BCUT2D eigenvalue weighted by molar-refractivity contribution is 5.93. The Morgan fingerprint density at radius 3 is 2.50 bits per heavy atom. The Bertz CT molecular complexity index is 650. The highest BCUT2D eigenvalue weighted by Gasteiger charge is 2.22. The average molecular weight is 311 g/mol. The van der Waals surface area contributed by atoms with E-state index in [9.17, 15) is 13.6 Å². The van der Waals surface area contributed by atoms with Gasteiger partial charge in [-0.3, -0.25) is 0 Å². The summed E-state index contributed by atoms with van der Waals surface area (Å²) in [5.41, 5.74) is -0.0585. The van der Waals surface area contributed by atoms with E-state index in [0.717, 1.165) is 12.1 Å². The van der Waals surface area contributed by atoms with E-state index in [1.807, 2.05) is 6.92 Å². The van der Waals surface area contributed by atoms with E-state index in [-0.39, 0.29) is 30.2 Å². The molecular weight excluding hydrogens is 296 g/mol. The molecule has 0 saturated carbocycles. The van der Waals surface area contributed by atoms with Crippen LogP contribution in [0.15, 0.2) is 12.1 Å². The second-order valence-electron chi connectivity index (χ2n) is 4.36. The molecule has 22 heavy (non-hydrogen) atoms. The minimum absolute atomic E-state index is 0.0123. The van der Waals surface area contributed by atoms with Gasteiger partial charge in [-0.2, -0.15) is 10.3 Å². The molecule has 1 heterocycles. The van der Waals surface area contributed by atoms with E-state index in [0.29, 0.717) is 6.42 Å². The van der Waals surface area contributed by atoms with Gasteiger partial charge in [0.15, 0.2) is 23.1 Å². The zero-order valence-corrected chi connectivity index (χ0v) is 12.2. The fourth-order valence-electron chi connectivity index (χ4n) is 1.81. The smallest absolute Gasteiger partial charge is 0.361 e. The number of nitrogens with one attached hydrogen (secondary N) is 1. The molecule has 6 nitrogen and oxygen atoms in total. The first-order chi connectivity index (χ1) is 10.6. The van der Waals surface area contributed by atoms with Crippen molar-refractivity contribution in [3.05, 3.63) is 29.5 Å². The van der Waals surface area contributed by atoms with Crippen molar-refractivity contribution in [1.82, 2.24) is 15.4 Å². The van der Waals surface area contributed by atoms with Crippen molar-refractivity contribution in [2.24, 2.45) is 0 Å². The zero-order chi connectivity index (χ0) is 16.1. The van der Waals surface area contributed by atoms with Crippen molar-refractivity contribution in [1.29, 1.82) is 0 Å². The average Bonchev–Trinajstić information content (AvgIpc) is 2.96. The predicted octanol–water partition coefficient (Wildman–Crippen LogP) is 2.72. The largest absolute Gasteiger partial charge is 0.488 e. The van der Waals surface area contributed by atoms with Gasteiger partial charge in [0.2, 0.25) is 0 Å². The van der Waals surface area contributed by atoms with Gasteiger partial charge >= 0.3 is 5.97 Å². The number of H-pyrrole nitrogens is 1. The molecule has 2 rings (SSSR count). The molecule has 0 saturated heterocycles. The summed E-state index contributed by atoms with van der Waals surface area (Å²) < 4.78 is 37.8. The Labute approximate surface area is 125 Å². The van der Waals surface area contributed by atoms with Gasteiger partial charge in [0.25, 0.3) is 0 Å². The first kappa shape index (κ1) is 15.9. The van der Waals surface area contributed by atoms with E-state index in [4.69, 9.17) is 9.47 Å². The summed E-state index contributed by atoms with van der Waals surface area (Å²) in [6, 6.07) is 2.07. The van der Waals surface area contributed by atoms with Gasteiger partial charge in [0.1, 0.15) is 5.69 Å². The molecule has 0 bridgehead atoms. The van der Waals surface area contributed by atoms with Crippen LogP contribution >= 0.6 is 0 Å². The highest BCUT2D eigenvalue weighted by atomic mass is 19.1. The fraction of sp³-hybridized carbons (Fsp3) is 0.357. The summed E-state index contributed by atoms with van der Waals surface area (Å²) in [6.45, 7) is 3.81. The number of benzene rings is 1. The molecule has 2 aromatic rings. The number of esters is 1. The standard InChI is InChI=1S/C14H15F2N3O3/c1-3-5-22-13-9(15)6-8(7-10(13)16)11-12(18-19-17-11)14(20)21-4-2/h6-7H,3-5H2,1-2H3,(H,17,18,19). The number of aromatic amines is 1.